The molecule has 0 saturated carbocycles. The van der Waals surface area contributed by atoms with Crippen LogP contribution in [0.25, 0.3) is 6.08 Å². The standard InChI is InChI=1S/C23H19ClN2O7S2/c1-12-2-5-15(6-3-12)25-19(27)11-33-17-7-4-14(24)8-13(17)9-18-21(30)26(23(34)35-18)16(22(31)32)10-20(28)29/h2-9,16H,10-11H2,1H3,(H,25,27)(H,28,29)(H,31,32)/b18-9-. The zero-order valence-corrected chi connectivity index (χ0v) is 20.6. The SMILES string of the molecule is Cc1ccc(NC(=O)COc2ccc(Cl)cc2/C=C2\SC(=S)N(C(CC(=O)O)C(=O)O)C2=O)cc1. The molecule has 2 amide bonds. The van der Waals surface area contributed by atoms with Crippen molar-refractivity contribution >= 4 is 75.4 Å². The Bertz CT molecular complexity index is 1230. The van der Waals surface area contributed by atoms with Crippen molar-refractivity contribution < 1.29 is 34.1 Å². The number of thiocarbonyl (C=S) groups is 1. The summed E-state index contributed by atoms with van der Waals surface area (Å²) in [4.78, 5) is 48.6. The van der Waals surface area contributed by atoms with E-state index in [9.17, 15) is 24.3 Å². The van der Waals surface area contributed by atoms with E-state index in [0.29, 0.717) is 16.3 Å². The molecule has 1 aliphatic rings. The number of aryl methyl sites for hydroxylation is 1. The van der Waals surface area contributed by atoms with E-state index in [1.165, 1.54) is 18.2 Å². The van der Waals surface area contributed by atoms with Crippen LogP contribution in [0.5, 0.6) is 5.75 Å². The van der Waals surface area contributed by atoms with E-state index in [1.807, 2.05) is 19.1 Å². The number of aliphatic carboxylic acids is 2. The lowest BCUT2D eigenvalue weighted by Crippen LogP contribution is -2.45. The van der Waals surface area contributed by atoms with E-state index >= 15 is 0 Å². The molecule has 1 heterocycles. The van der Waals surface area contributed by atoms with E-state index in [1.54, 1.807) is 18.2 Å². The lowest BCUT2D eigenvalue weighted by atomic mass is 10.1. The van der Waals surface area contributed by atoms with Crippen LogP contribution in [0.2, 0.25) is 5.02 Å². The van der Waals surface area contributed by atoms with Crippen molar-refractivity contribution in [2.45, 2.75) is 19.4 Å². The quantitative estimate of drug-likeness (QED) is 0.324. The van der Waals surface area contributed by atoms with Gasteiger partial charge in [0.2, 0.25) is 0 Å². The first-order valence-electron chi connectivity index (χ1n) is 10.1. The number of benzene rings is 2. The molecule has 12 heteroatoms. The summed E-state index contributed by atoms with van der Waals surface area (Å²) in [7, 11) is 0. The maximum absolute atomic E-state index is 12.9. The monoisotopic (exact) mass is 534 g/mol. The average Bonchev–Trinajstić information content (AvgIpc) is 3.05. The van der Waals surface area contributed by atoms with Crippen molar-refractivity contribution in [2.24, 2.45) is 0 Å². The number of carboxylic acids is 2. The van der Waals surface area contributed by atoms with Crippen molar-refractivity contribution in [3.63, 3.8) is 0 Å². The van der Waals surface area contributed by atoms with E-state index in [-0.39, 0.29) is 21.6 Å². The fourth-order valence-electron chi connectivity index (χ4n) is 3.08. The summed E-state index contributed by atoms with van der Waals surface area (Å²) in [5.41, 5.74) is 2.01. The summed E-state index contributed by atoms with van der Waals surface area (Å²) in [6, 6.07) is 10.2. The Morgan fingerprint density at radius 3 is 2.51 bits per heavy atom. The van der Waals surface area contributed by atoms with Gasteiger partial charge in [-0.05, 0) is 43.3 Å². The summed E-state index contributed by atoms with van der Waals surface area (Å²) >= 11 is 12.1. The number of nitrogens with one attached hydrogen (secondary N) is 1. The Hall–Kier alpha value is -3.41. The Labute approximate surface area is 214 Å². The van der Waals surface area contributed by atoms with Gasteiger partial charge in [-0.3, -0.25) is 19.3 Å². The van der Waals surface area contributed by atoms with Gasteiger partial charge in [-0.1, -0.05) is 53.3 Å². The number of hydrogen-bond donors (Lipinski definition) is 3. The van der Waals surface area contributed by atoms with Gasteiger partial charge in [-0.15, -0.1) is 0 Å². The van der Waals surface area contributed by atoms with Crippen LogP contribution in [-0.4, -0.2) is 55.8 Å². The molecule has 1 aliphatic heterocycles. The van der Waals surface area contributed by atoms with Crippen LogP contribution in [0, 0.1) is 6.92 Å². The second-order valence-corrected chi connectivity index (χ2v) is 9.50. The Kier molecular flexibility index (Phi) is 8.49. The van der Waals surface area contributed by atoms with Crippen molar-refractivity contribution in [1.82, 2.24) is 4.90 Å². The molecular formula is C23H19ClN2O7S2. The van der Waals surface area contributed by atoms with Crippen LogP contribution in [-0.2, 0) is 19.2 Å². The average molecular weight is 535 g/mol. The first-order valence-corrected chi connectivity index (χ1v) is 11.7. The van der Waals surface area contributed by atoms with Crippen molar-refractivity contribution in [2.75, 3.05) is 11.9 Å². The molecule has 9 nitrogen and oxygen atoms in total. The lowest BCUT2D eigenvalue weighted by molar-refractivity contribution is -0.150. The number of carbonyl (C=O) groups excluding carboxylic acids is 2. The van der Waals surface area contributed by atoms with Crippen LogP contribution < -0.4 is 10.1 Å². The molecule has 0 aromatic heterocycles. The number of ether oxygens (including phenoxy) is 1. The lowest BCUT2D eigenvalue weighted by Gasteiger charge is -2.21. The molecule has 0 aliphatic carbocycles. The first-order chi connectivity index (χ1) is 16.5. The molecule has 2 aromatic carbocycles. The molecule has 2 aromatic rings. The largest absolute Gasteiger partial charge is 0.483 e. The highest BCUT2D eigenvalue weighted by atomic mass is 35.5. The van der Waals surface area contributed by atoms with E-state index in [0.717, 1.165) is 22.2 Å². The van der Waals surface area contributed by atoms with Crippen molar-refractivity contribution in [1.29, 1.82) is 0 Å². The summed E-state index contributed by atoms with van der Waals surface area (Å²) in [5, 5.41) is 21.4. The maximum atomic E-state index is 12.9. The molecule has 0 radical (unpaired) electrons. The van der Waals surface area contributed by atoms with Gasteiger partial charge >= 0.3 is 11.9 Å². The molecule has 1 fully saturated rings. The Balaban J connectivity index is 1.78. The minimum Gasteiger partial charge on any atom is -0.483 e. The molecule has 0 spiro atoms. The highest BCUT2D eigenvalue weighted by Gasteiger charge is 2.41. The van der Waals surface area contributed by atoms with Gasteiger partial charge in [0.15, 0.2) is 6.61 Å². The third-order valence-corrected chi connectivity index (χ3v) is 6.31. The number of hydrogen-bond acceptors (Lipinski definition) is 7. The predicted molar refractivity (Wildman–Crippen MR) is 135 cm³/mol. The second kappa shape index (κ2) is 11.3. The molecule has 1 unspecified atom stereocenters. The number of nitrogens with zero attached hydrogens (tertiary/aromatic N) is 1. The molecule has 0 bridgehead atoms. The third kappa shape index (κ3) is 6.81. The van der Waals surface area contributed by atoms with Gasteiger partial charge in [-0.25, -0.2) is 4.79 Å². The smallest absolute Gasteiger partial charge is 0.327 e. The van der Waals surface area contributed by atoms with Gasteiger partial charge in [-0.2, -0.15) is 0 Å². The molecular weight excluding hydrogens is 516 g/mol. The Morgan fingerprint density at radius 1 is 1.20 bits per heavy atom. The van der Waals surface area contributed by atoms with Crippen LogP contribution in [0.1, 0.15) is 17.5 Å². The summed E-state index contributed by atoms with van der Waals surface area (Å²) in [6.07, 6.45) is 0.592. The van der Waals surface area contributed by atoms with Gasteiger partial charge in [0.05, 0.1) is 11.3 Å². The second-order valence-electron chi connectivity index (χ2n) is 7.39. The van der Waals surface area contributed by atoms with Crippen LogP contribution in [0.4, 0.5) is 5.69 Å². The fourth-order valence-corrected chi connectivity index (χ4v) is 4.61. The highest BCUT2D eigenvalue weighted by Crippen LogP contribution is 2.36. The molecule has 3 rings (SSSR count). The van der Waals surface area contributed by atoms with Crippen molar-refractivity contribution in [3.05, 3.63) is 63.5 Å². The zero-order valence-electron chi connectivity index (χ0n) is 18.2. The summed E-state index contributed by atoms with van der Waals surface area (Å²) in [5.74, 6) is -3.78. The molecule has 3 N–H and O–H groups in total. The normalized spacial score (nSPS) is 15.3. The van der Waals surface area contributed by atoms with E-state index in [2.05, 4.69) is 5.32 Å². The number of carbonyl (C=O) groups is 4. The van der Waals surface area contributed by atoms with Crippen LogP contribution in [0.15, 0.2) is 47.4 Å². The van der Waals surface area contributed by atoms with Crippen molar-refractivity contribution in [3.8, 4) is 5.75 Å². The first kappa shape index (κ1) is 26.2. The third-order valence-electron chi connectivity index (χ3n) is 4.74. The number of thioether (sulfide) groups is 1. The maximum Gasteiger partial charge on any atom is 0.327 e. The minimum atomic E-state index is -1.65. The molecule has 1 atom stereocenters. The number of amides is 2. The minimum absolute atomic E-state index is 0.0582. The summed E-state index contributed by atoms with van der Waals surface area (Å²) in [6.45, 7) is 1.61. The zero-order chi connectivity index (χ0) is 25.7. The van der Waals surface area contributed by atoms with Crippen LogP contribution >= 0.6 is 35.6 Å². The molecule has 35 heavy (non-hydrogen) atoms. The van der Waals surface area contributed by atoms with E-state index < -0.39 is 36.2 Å². The number of anilines is 1. The van der Waals surface area contributed by atoms with E-state index in [4.69, 9.17) is 33.7 Å². The number of halogens is 1. The van der Waals surface area contributed by atoms with Gasteiger partial charge in [0, 0.05) is 16.3 Å². The molecule has 182 valence electrons. The predicted octanol–water partition coefficient (Wildman–Crippen LogP) is 3.80. The highest BCUT2D eigenvalue weighted by molar-refractivity contribution is 8.26. The topological polar surface area (TPSA) is 133 Å². The summed E-state index contributed by atoms with van der Waals surface area (Å²) < 4.78 is 5.55. The molecule has 1 saturated heterocycles. The Morgan fingerprint density at radius 2 is 1.89 bits per heavy atom. The van der Waals surface area contributed by atoms with Gasteiger partial charge in [0.1, 0.15) is 16.1 Å². The van der Waals surface area contributed by atoms with Gasteiger partial charge < -0.3 is 20.3 Å². The van der Waals surface area contributed by atoms with Crippen LogP contribution in [0.3, 0.4) is 0 Å². The number of carboxylic acid groups (broad SMARTS) is 2. The van der Waals surface area contributed by atoms with Gasteiger partial charge in [0.25, 0.3) is 11.8 Å². The number of rotatable bonds is 9. The fraction of sp³-hybridized carbons (Fsp3) is 0.174.